The van der Waals surface area contributed by atoms with Gasteiger partial charge in [0.25, 0.3) is 0 Å². The molecule has 0 N–H and O–H groups in total. The highest BCUT2D eigenvalue weighted by Crippen LogP contribution is 2.34. The van der Waals surface area contributed by atoms with Crippen LogP contribution in [0.2, 0.25) is 0 Å². The molecule has 1 aromatic heterocycles. The average molecular weight is 381 g/mol. The fourth-order valence-electron chi connectivity index (χ4n) is 1.48. The molecule has 18 heavy (non-hydrogen) atoms. The van der Waals surface area contributed by atoms with Crippen LogP contribution in [0.1, 0.15) is 5.56 Å². The third kappa shape index (κ3) is 2.92. The Morgan fingerprint density at radius 2 is 1.78 bits per heavy atom. The zero-order valence-electron chi connectivity index (χ0n) is 8.80. The number of pyridine rings is 1. The molecule has 0 aliphatic heterocycles. The second-order valence-electron chi connectivity index (χ2n) is 3.57. The van der Waals surface area contributed by atoms with Crippen molar-refractivity contribution >= 4 is 31.9 Å². The molecule has 0 amide bonds. The Labute approximate surface area is 118 Å². The van der Waals surface area contributed by atoms with Crippen LogP contribution in [0.3, 0.4) is 0 Å². The van der Waals surface area contributed by atoms with Crippen molar-refractivity contribution in [3.63, 3.8) is 0 Å². The third-order valence-corrected chi connectivity index (χ3v) is 3.41. The number of nitrogens with zero attached hydrogens (tertiary/aromatic N) is 1. The van der Waals surface area contributed by atoms with Gasteiger partial charge in [-0.2, -0.15) is 13.2 Å². The Morgan fingerprint density at radius 3 is 2.39 bits per heavy atom. The van der Waals surface area contributed by atoms with Crippen LogP contribution >= 0.6 is 31.9 Å². The van der Waals surface area contributed by atoms with Gasteiger partial charge in [-0.3, -0.25) is 0 Å². The molecule has 0 unspecified atom stereocenters. The fraction of sp³-hybridized carbons (Fsp3) is 0.0833. The Bertz CT molecular complexity index is 582. The maximum Gasteiger partial charge on any atom is 0.416 e. The highest BCUT2D eigenvalue weighted by Gasteiger charge is 2.30. The van der Waals surface area contributed by atoms with E-state index in [1.165, 1.54) is 12.3 Å². The molecule has 2 rings (SSSR count). The second-order valence-corrected chi connectivity index (χ2v) is 5.23. The minimum absolute atomic E-state index is 0.469. The van der Waals surface area contributed by atoms with Gasteiger partial charge in [0.2, 0.25) is 0 Å². The monoisotopic (exact) mass is 379 g/mol. The van der Waals surface area contributed by atoms with Gasteiger partial charge in [-0.15, -0.1) is 0 Å². The maximum atomic E-state index is 12.6. The average Bonchev–Trinajstić information content (AvgIpc) is 2.28. The van der Waals surface area contributed by atoms with E-state index in [-0.39, 0.29) is 0 Å². The summed E-state index contributed by atoms with van der Waals surface area (Å²) in [6.45, 7) is 0. The van der Waals surface area contributed by atoms with Gasteiger partial charge in [0.15, 0.2) is 0 Å². The number of halogens is 5. The summed E-state index contributed by atoms with van der Waals surface area (Å²) in [5.41, 5.74) is 0.413. The third-order valence-electron chi connectivity index (χ3n) is 2.32. The van der Waals surface area contributed by atoms with Crippen molar-refractivity contribution in [1.82, 2.24) is 4.98 Å². The van der Waals surface area contributed by atoms with Crippen LogP contribution in [-0.2, 0) is 6.18 Å². The largest absolute Gasteiger partial charge is 0.416 e. The van der Waals surface area contributed by atoms with Crippen LogP contribution in [0, 0.1) is 0 Å². The topological polar surface area (TPSA) is 12.9 Å². The summed E-state index contributed by atoms with van der Waals surface area (Å²) in [6, 6.07) is 6.84. The number of hydrogen-bond acceptors (Lipinski definition) is 1. The quantitative estimate of drug-likeness (QED) is 0.612. The molecular formula is C12H6Br2F3N. The maximum absolute atomic E-state index is 12.6. The Kier molecular flexibility index (Phi) is 3.77. The SMILES string of the molecule is FC(F)(F)c1cccc(-c2cnc(Br)cc2Br)c1. The lowest BCUT2D eigenvalue weighted by Gasteiger charge is -2.09. The first-order valence-corrected chi connectivity index (χ1v) is 6.45. The molecule has 94 valence electrons. The molecule has 0 aliphatic rings. The van der Waals surface area contributed by atoms with E-state index in [0.717, 1.165) is 12.1 Å². The molecule has 0 bridgehead atoms. The van der Waals surface area contributed by atoms with E-state index in [4.69, 9.17) is 0 Å². The molecule has 0 spiro atoms. The van der Waals surface area contributed by atoms with Crippen molar-refractivity contribution < 1.29 is 13.2 Å². The van der Waals surface area contributed by atoms with Crippen molar-refractivity contribution in [1.29, 1.82) is 0 Å². The van der Waals surface area contributed by atoms with Gasteiger partial charge in [-0.25, -0.2) is 4.98 Å². The van der Waals surface area contributed by atoms with Crippen LogP contribution in [0.5, 0.6) is 0 Å². The first-order valence-electron chi connectivity index (χ1n) is 4.86. The van der Waals surface area contributed by atoms with Crippen molar-refractivity contribution in [3.05, 3.63) is 51.2 Å². The van der Waals surface area contributed by atoms with Crippen molar-refractivity contribution in [2.75, 3.05) is 0 Å². The molecule has 0 aliphatic carbocycles. The van der Waals surface area contributed by atoms with Gasteiger partial charge >= 0.3 is 6.18 Å². The number of rotatable bonds is 1. The van der Waals surface area contributed by atoms with E-state index in [1.807, 2.05) is 0 Å². The fourth-order valence-corrected chi connectivity index (χ4v) is 2.67. The number of benzene rings is 1. The lowest BCUT2D eigenvalue weighted by molar-refractivity contribution is -0.137. The van der Waals surface area contributed by atoms with E-state index in [2.05, 4.69) is 36.8 Å². The molecule has 0 radical (unpaired) electrons. The molecule has 1 nitrogen and oxygen atoms in total. The molecule has 0 fully saturated rings. The Balaban J connectivity index is 2.51. The molecule has 0 saturated carbocycles. The summed E-state index contributed by atoms with van der Waals surface area (Å²) in [7, 11) is 0. The van der Waals surface area contributed by atoms with Crippen molar-refractivity contribution in [2.45, 2.75) is 6.18 Å². The second kappa shape index (κ2) is 5.01. The Hall–Kier alpha value is -0.880. The van der Waals surface area contributed by atoms with Gasteiger partial charge < -0.3 is 0 Å². The summed E-state index contributed by atoms with van der Waals surface area (Å²) in [5, 5.41) is 0. The van der Waals surface area contributed by atoms with Crippen LogP contribution < -0.4 is 0 Å². The summed E-state index contributed by atoms with van der Waals surface area (Å²) < 4.78 is 39.1. The van der Waals surface area contributed by atoms with Crippen molar-refractivity contribution in [3.8, 4) is 11.1 Å². The molecule has 6 heteroatoms. The van der Waals surface area contributed by atoms with Gasteiger partial charge in [0.1, 0.15) is 4.60 Å². The predicted molar refractivity (Wildman–Crippen MR) is 70.1 cm³/mol. The zero-order valence-corrected chi connectivity index (χ0v) is 12.0. The van der Waals surface area contributed by atoms with Gasteiger partial charge in [0.05, 0.1) is 5.56 Å². The zero-order chi connectivity index (χ0) is 13.3. The van der Waals surface area contributed by atoms with Crippen LogP contribution in [-0.4, -0.2) is 4.98 Å². The molecule has 2 aromatic rings. The lowest BCUT2D eigenvalue weighted by Crippen LogP contribution is -2.04. The van der Waals surface area contributed by atoms with Gasteiger partial charge in [-0.05, 0) is 39.7 Å². The van der Waals surface area contributed by atoms with Gasteiger partial charge in [0, 0.05) is 16.2 Å². The normalized spacial score (nSPS) is 11.6. The van der Waals surface area contributed by atoms with E-state index < -0.39 is 11.7 Å². The number of aromatic nitrogens is 1. The highest BCUT2D eigenvalue weighted by molar-refractivity contribution is 9.11. The summed E-state index contributed by atoms with van der Waals surface area (Å²) >= 11 is 6.50. The molecule has 0 atom stereocenters. The molecule has 0 saturated heterocycles. The van der Waals surface area contributed by atoms with Crippen LogP contribution in [0.4, 0.5) is 13.2 Å². The van der Waals surface area contributed by atoms with Crippen LogP contribution in [0.15, 0.2) is 45.6 Å². The first-order chi connectivity index (χ1) is 8.38. The lowest BCUT2D eigenvalue weighted by atomic mass is 10.0. The molecule has 1 aromatic carbocycles. The minimum atomic E-state index is -4.34. The van der Waals surface area contributed by atoms with Crippen LogP contribution in [0.25, 0.3) is 11.1 Å². The Morgan fingerprint density at radius 1 is 1.06 bits per heavy atom. The summed E-state index contributed by atoms with van der Waals surface area (Å²) in [5.74, 6) is 0. The van der Waals surface area contributed by atoms with Crippen molar-refractivity contribution in [2.24, 2.45) is 0 Å². The minimum Gasteiger partial charge on any atom is -0.249 e. The van der Waals surface area contributed by atoms with E-state index in [0.29, 0.717) is 20.2 Å². The van der Waals surface area contributed by atoms with E-state index in [9.17, 15) is 13.2 Å². The highest BCUT2D eigenvalue weighted by atomic mass is 79.9. The smallest absolute Gasteiger partial charge is 0.249 e. The van der Waals surface area contributed by atoms with E-state index >= 15 is 0 Å². The summed E-state index contributed by atoms with van der Waals surface area (Å²) in [4.78, 5) is 4.01. The molecular weight excluding hydrogens is 375 g/mol. The number of hydrogen-bond donors (Lipinski definition) is 0. The number of alkyl halides is 3. The first kappa shape index (κ1) is 13.5. The molecule has 1 heterocycles. The van der Waals surface area contributed by atoms with E-state index in [1.54, 1.807) is 12.1 Å². The standard InChI is InChI=1S/C12H6Br2F3N/c13-10-5-11(14)18-6-9(10)7-2-1-3-8(4-7)12(15,16)17/h1-6H. The summed E-state index contributed by atoms with van der Waals surface area (Å²) in [6.07, 6.45) is -2.82. The van der Waals surface area contributed by atoms with Gasteiger partial charge in [-0.1, -0.05) is 28.1 Å². The predicted octanol–water partition coefficient (Wildman–Crippen LogP) is 5.29.